The molecule has 0 spiro atoms. The molecule has 1 aliphatic heterocycles. The first kappa shape index (κ1) is 23.6. The lowest BCUT2D eigenvalue weighted by molar-refractivity contribution is -0.187. The molecule has 3 atom stereocenters. The molecule has 162 valence electrons. The van der Waals surface area contributed by atoms with Crippen LogP contribution in [0.15, 0.2) is 49.1 Å². The van der Waals surface area contributed by atoms with Gasteiger partial charge < -0.3 is 24.1 Å². The van der Waals surface area contributed by atoms with Crippen LogP contribution in [0.25, 0.3) is 0 Å². The number of benzene rings is 1. The van der Waals surface area contributed by atoms with E-state index in [0.717, 1.165) is 49.2 Å². The number of rotatable bonds is 14. The van der Waals surface area contributed by atoms with E-state index in [1.54, 1.807) is 7.11 Å². The first-order valence-corrected chi connectivity index (χ1v) is 10.5. The summed E-state index contributed by atoms with van der Waals surface area (Å²) >= 11 is 0. The van der Waals surface area contributed by atoms with Crippen LogP contribution in [-0.2, 0) is 20.8 Å². The van der Waals surface area contributed by atoms with Crippen molar-refractivity contribution in [3.8, 4) is 5.75 Å². The maximum Gasteiger partial charge on any atom is 0.157 e. The van der Waals surface area contributed by atoms with Gasteiger partial charge in [-0.15, -0.1) is 6.58 Å². The van der Waals surface area contributed by atoms with Crippen LogP contribution in [0.3, 0.4) is 0 Å². The Hall–Kier alpha value is -1.66. The number of aliphatic hydroxyl groups is 1. The second kappa shape index (κ2) is 13.5. The normalized spacial score (nSPS) is 18.8. The van der Waals surface area contributed by atoms with Crippen LogP contribution in [0.4, 0.5) is 0 Å². The molecular weight excluding hydrogens is 368 g/mol. The third kappa shape index (κ3) is 9.59. The van der Waals surface area contributed by atoms with Crippen molar-refractivity contribution < 1.29 is 24.1 Å². The summed E-state index contributed by atoms with van der Waals surface area (Å²) in [6.07, 6.45) is 7.04. The van der Waals surface area contributed by atoms with Gasteiger partial charge >= 0.3 is 0 Å². The monoisotopic (exact) mass is 404 g/mol. The number of hydrogen-bond donors (Lipinski definition) is 1. The maximum absolute atomic E-state index is 10.3. The van der Waals surface area contributed by atoms with Crippen molar-refractivity contribution in [2.45, 2.75) is 70.1 Å². The summed E-state index contributed by atoms with van der Waals surface area (Å²) in [7, 11) is 1.65. The molecule has 1 aromatic rings. The lowest BCUT2D eigenvalue weighted by Crippen LogP contribution is -2.28. The zero-order valence-corrected chi connectivity index (χ0v) is 17.7. The fraction of sp³-hybridized carbons (Fsp3) is 0.583. The Kier molecular flexibility index (Phi) is 11.0. The molecule has 1 unspecified atom stereocenters. The van der Waals surface area contributed by atoms with Gasteiger partial charge in [0, 0.05) is 13.2 Å². The minimum Gasteiger partial charge on any atom is -0.497 e. The van der Waals surface area contributed by atoms with Gasteiger partial charge in [0.25, 0.3) is 0 Å². The predicted molar refractivity (Wildman–Crippen MR) is 115 cm³/mol. The minimum atomic E-state index is -0.464. The van der Waals surface area contributed by atoms with Crippen LogP contribution in [0.1, 0.15) is 50.5 Å². The van der Waals surface area contributed by atoms with Crippen LogP contribution in [0.5, 0.6) is 5.75 Å². The van der Waals surface area contributed by atoms with Gasteiger partial charge in [0.15, 0.2) is 6.29 Å². The van der Waals surface area contributed by atoms with Crippen molar-refractivity contribution in [1.29, 1.82) is 0 Å². The van der Waals surface area contributed by atoms with Gasteiger partial charge in [-0.3, -0.25) is 0 Å². The van der Waals surface area contributed by atoms with Crippen LogP contribution < -0.4 is 4.74 Å². The van der Waals surface area contributed by atoms with Gasteiger partial charge in [-0.2, -0.15) is 0 Å². The van der Waals surface area contributed by atoms with Gasteiger partial charge in [0.1, 0.15) is 5.75 Å². The summed E-state index contributed by atoms with van der Waals surface area (Å²) in [6.45, 7) is 9.75. The summed E-state index contributed by atoms with van der Waals surface area (Å²) in [4.78, 5) is 0. The molecule has 1 aliphatic rings. The smallest absolute Gasteiger partial charge is 0.157 e. The van der Waals surface area contributed by atoms with Crippen LogP contribution >= 0.6 is 0 Å². The van der Waals surface area contributed by atoms with Gasteiger partial charge in [-0.25, -0.2) is 0 Å². The molecule has 0 aliphatic carbocycles. The van der Waals surface area contributed by atoms with E-state index >= 15 is 0 Å². The van der Waals surface area contributed by atoms with Crippen molar-refractivity contribution in [3.05, 3.63) is 54.6 Å². The van der Waals surface area contributed by atoms with E-state index < -0.39 is 6.10 Å². The Morgan fingerprint density at radius 1 is 1.28 bits per heavy atom. The van der Waals surface area contributed by atoms with Gasteiger partial charge in [-0.05, 0) is 62.6 Å². The lowest BCUT2D eigenvalue weighted by atomic mass is 10.0. The fourth-order valence-corrected chi connectivity index (χ4v) is 3.38. The molecule has 0 saturated carbocycles. The summed E-state index contributed by atoms with van der Waals surface area (Å²) in [5, 5.41) is 10.3. The van der Waals surface area contributed by atoms with E-state index in [1.807, 2.05) is 30.3 Å². The highest BCUT2D eigenvalue weighted by molar-refractivity contribution is 5.26. The molecule has 1 aromatic carbocycles. The Labute approximate surface area is 175 Å². The largest absolute Gasteiger partial charge is 0.497 e. The zero-order valence-electron chi connectivity index (χ0n) is 17.7. The van der Waals surface area contributed by atoms with Gasteiger partial charge in [0.05, 0.1) is 25.9 Å². The number of aliphatic hydroxyl groups excluding tert-OH is 1. The predicted octanol–water partition coefficient (Wildman–Crippen LogP) is 4.79. The molecular formula is C24H36O5. The van der Waals surface area contributed by atoms with Crippen LogP contribution in [-0.4, -0.2) is 43.9 Å². The molecule has 1 N–H and O–H groups in total. The van der Waals surface area contributed by atoms with E-state index in [9.17, 15) is 5.11 Å². The Morgan fingerprint density at radius 3 is 2.72 bits per heavy atom. The molecule has 1 fully saturated rings. The Balaban J connectivity index is 1.63. The Morgan fingerprint density at radius 2 is 2.07 bits per heavy atom. The molecule has 2 rings (SSSR count). The average Bonchev–Trinajstić information content (AvgIpc) is 2.72. The molecule has 5 heteroatoms. The van der Waals surface area contributed by atoms with E-state index in [4.69, 9.17) is 18.9 Å². The second-order valence-electron chi connectivity index (χ2n) is 7.58. The second-order valence-corrected chi connectivity index (χ2v) is 7.58. The SMILES string of the molecule is C=CC[C@@H](CC(=C)C[C@@H](O)CCOCc1ccc(OC)cc1)OC1CCCCO1. The van der Waals surface area contributed by atoms with Crippen LogP contribution in [0, 0.1) is 0 Å². The average molecular weight is 405 g/mol. The minimum absolute atomic E-state index is 0.00150. The third-order valence-electron chi connectivity index (χ3n) is 4.98. The van der Waals surface area contributed by atoms with Crippen molar-refractivity contribution in [1.82, 2.24) is 0 Å². The lowest BCUT2D eigenvalue weighted by Gasteiger charge is -2.28. The van der Waals surface area contributed by atoms with Gasteiger partial charge in [-0.1, -0.05) is 30.4 Å². The van der Waals surface area contributed by atoms with Crippen LogP contribution in [0.2, 0.25) is 0 Å². The number of ether oxygens (including phenoxy) is 4. The Bertz CT molecular complexity index is 592. The maximum atomic E-state index is 10.3. The molecule has 5 nitrogen and oxygen atoms in total. The highest BCUT2D eigenvalue weighted by atomic mass is 16.7. The molecule has 29 heavy (non-hydrogen) atoms. The van der Waals surface area contributed by atoms with E-state index in [0.29, 0.717) is 32.5 Å². The molecule has 0 bridgehead atoms. The van der Waals surface area contributed by atoms with Crippen molar-refractivity contribution in [2.24, 2.45) is 0 Å². The third-order valence-corrected chi connectivity index (χ3v) is 4.98. The molecule has 1 saturated heterocycles. The number of methoxy groups -OCH3 is 1. The molecule has 1 heterocycles. The highest BCUT2D eigenvalue weighted by Crippen LogP contribution is 2.22. The molecule has 0 radical (unpaired) electrons. The first-order chi connectivity index (χ1) is 14.1. The topological polar surface area (TPSA) is 57.2 Å². The van der Waals surface area contributed by atoms with Crippen molar-refractivity contribution in [3.63, 3.8) is 0 Å². The van der Waals surface area contributed by atoms with E-state index in [1.165, 1.54) is 0 Å². The highest BCUT2D eigenvalue weighted by Gasteiger charge is 2.20. The molecule has 0 aromatic heterocycles. The zero-order chi connectivity index (χ0) is 20.9. The van der Waals surface area contributed by atoms with Gasteiger partial charge in [0.2, 0.25) is 0 Å². The first-order valence-electron chi connectivity index (χ1n) is 10.5. The summed E-state index contributed by atoms with van der Waals surface area (Å²) < 4.78 is 22.6. The van der Waals surface area contributed by atoms with E-state index in [-0.39, 0.29) is 12.4 Å². The quantitative estimate of drug-likeness (QED) is 0.357. The summed E-state index contributed by atoms with van der Waals surface area (Å²) in [6, 6.07) is 7.79. The molecule has 0 amide bonds. The number of hydrogen-bond acceptors (Lipinski definition) is 5. The fourth-order valence-electron chi connectivity index (χ4n) is 3.38. The summed E-state index contributed by atoms with van der Waals surface area (Å²) in [5.74, 6) is 0.830. The van der Waals surface area contributed by atoms with E-state index in [2.05, 4.69) is 13.2 Å². The van der Waals surface area contributed by atoms with Crippen molar-refractivity contribution >= 4 is 0 Å². The standard InChI is InChI=1S/C24H36O5/c1-4-7-23(29-24-8-5-6-14-28-24)17-19(2)16-21(25)13-15-27-18-20-9-11-22(26-3)12-10-20/h4,9-12,21,23-25H,1-2,5-8,13-18H2,3H3/t21-,23-,24?/m0/s1. The summed E-state index contributed by atoms with van der Waals surface area (Å²) in [5.41, 5.74) is 2.06. The van der Waals surface area contributed by atoms with Crippen molar-refractivity contribution in [2.75, 3.05) is 20.3 Å².